The third kappa shape index (κ3) is 7.99. The SMILES string of the molecule is CC(=O)N1CCN(c2ccc(CN(C(=O)C=Cc3ccc(C(F)(F)F)cc3)[C@@H](Cc3ccccc3)C(=O)O)cc2)CC1. The van der Waals surface area contributed by atoms with E-state index in [1.54, 1.807) is 36.1 Å². The number of aliphatic carboxylic acids is 1. The second kappa shape index (κ2) is 13.4. The van der Waals surface area contributed by atoms with Gasteiger partial charge in [0.25, 0.3) is 0 Å². The number of piperazine rings is 1. The molecule has 1 atom stereocenters. The molecule has 10 heteroatoms. The van der Waals surface area contributed by atoms with E-state index < -0.39 is 29.7 Å². The number of carbonyl (C=O) groups excluding carboxylic acids is 2. The number of carboxylic acid groups (broad SMARTS) is 1. The van der Waals surface area contributed by atoms with Gasteiger partial charge in [0, 0.05) is 57.8 Å². The predicted octanol–water partition coefficient (Wildman–Crippen LogP) is 5.11. The lowest BCUT2D eigenvalue weighted by Crippen LogP contribution is -2.48. The highest BCUT2D eigenvalue weighted by Gasteiger charge is 2.31. The molecule has 0 radical (unpaired) electrons. The van der Waals surface area contributed by atoms with Gasteiger partial charge in [0.15, 0.2) is 0 Å². The minimum Gasteiger partial charge on any atom is -0.480 e. The standard InChI is InChI=1S/C32H32F3N3O4/c1-23(39)36-17-19-37(20-18-36)28-14-9-26(10-15-28)22-38(29(31(41)42)21-25-5-3-2-4-6-25)30(40)16-11-24-7-12-27(13-8-24)32(33,34)35/h2-16,29H,17-22H2,1H3,(H,41,42)/t29-/m0/s1. The molecule has 0 bridgehead atoms. The van der Waals surface area contributed by atoms with E-state index in [0.29, 0.717) is 31.7 Å². The van der Waals surface area contributed by atoms with Gasteiger partial charge in [-0.25, -0.2) is 4.79 Å². The molecule has 4 rings (SSSR count). The van der Waals surface area contributed by atoms with Gasteiger partial charge in [-0.1, -0.05) is 54.6 Å². The van der Waals surface area contributed by atoms with Gasteiger partial charge in [0.05, 0.1) is 5.56 Å². The minimum atomic E-state index is -4.47. The van der Waals surface area contributed by atoms with Crippen LogP contribution in [0.25, 0.3) is 6.08 Å². The van der Waals surface area contributed by atoms with Crippen molar-refractivity contribution in [3.63, 3.8) is 0 Å². The molecule has 0 spiro atoms. The third-order valence-electron chi connectivity index (χ3n) is 7.25. The summed E-state index contributed by atoms with van der Waals surface area (Å²) in [5, 5.41) is 10.1. The normalized spacial score (nSPS) is 14.6. The lowest BCUT2D eigenvalue weighted by molar-refractivity contribution is -0.148. The highest BCUT2D eigenvalue weighted by molar-refractivity contribution is 5.94. The Kier molecular flexibility index (Phi) is 9.67. The molecule has 0 saturated carbocycles. The predicted molar refractivity (Wildman–Crippen MR) is 154 cm³/mol. The number of hydrogen-bond donors (Lipinski definition) is 1. The molecule has 3 aromatic carbocycles. The van der Waals surface area contributed by atoms with Crippen LogP contribution in [0.5, 0.6) is 0 Å². The van der Waals surface area contributed by atoms with Gasteiger partial charge in [-0.05, 0) is 47.0 Å². The smallest absolute Gasteiger partial charge is 0.416 e. The Labute approximate surface area is 242 Å². The molecule has 0 unspecified atom stereocenters. The van der Waals surface area contributed by atoms with Crippen LogP contribution in [0, 0.1) is 0 Å². The van der Waals surface area contributed by atoms with Gasteiger partial charge < -0.3 is 19.8 Å². The summed E-state index contributed by atoms with van der Waals surface area (Å²) in [6, 6.07) is 19.7. The Morgan fingerprint density at radius 1 is 0.881 bits per heavy atom. The van der Waals surface area contributed by atoms with Gasteiger partial charge in [0.2, 0.25) is 11.8 Å². The summed E-state index contributed by atoms with van der Waals surface area (Å²) in [5.41, 5.74) is 2.00. The molecule has 220 valence electrons. The number of carboxylic acids is 1. The number of amides is 2. The maximum atomic E-state index is 13.4. The van der Waals surface area contributed by atoms with Crippen molar-refractivity contribution >= 4 is 29.5 Å². The zero-order chi connectivity index (χ0) is 30.3. The van der Waals surface area contributed by atoms with Gasteiger partial charge in [-0.3, -0.25) is 9.59 Å². The van der Waals surface area contributed by atoms with Crippen molar-refractivity contribution in [3.8, 4) is 0 Å². The van der Waals surface area contributed by atoms with E-state index in [9.17, 15) is 32.7 Å². The van der Waals surface area contributed by atoms with Crippen LogP contribution in [0.3, 0.4) is 0 Å². The third-order valence-corrected chi connectivity index (χ3v) is 7.25. The fourth-order valence-corrected chi connectivity index (χ4v) is 4.84. The van der Waals surface area contributed by atoms with Crippen LogP contribution in [0.4, 0.5) is 18.9 Å². The summed E-state index contributed by atoms with van der Waals surface area (Å²) in [7, 11) is 0. The van der Waals surface area contributed by atoms with Gasteiger partial charge in [0.1, 0.15) is 6.04 Å². The molecule has 2 amide bonds. The quantitative estimate of drug-likeness (QED) is 0.357. The number of nitrogens with zero attached hydrogens (tertiary/aromatic N) is 3. The Morgan fingerprint density at radius 3 is 2.05 bits per heavy atom. The first kappa shape index (κ1) is 30.4. The highest BCUT2D eigenvalue weighted by Crippen LogP contribution is 2.29. The van der Waals surface area contributed by atoms with Gasteiger partial charge >= 0.3 is 12.1 Å². The van der Waals surface area contributed by atoms with Gasteiger partial charge in [-0.15, -0.1) is 0 Å². The van der Waals surface area contributed by atoms with Crippen LogP contribution in [0.2, 0.25) is 0 Å². The fourth-order valence-electron chi connectivity index (χ4n) is 4.84. The molecule has 3 aromatic rings. The number of hydrogen-bond acceptors (Lipinski definition) is 4. The topological polar surface area (TPSA) is 81.2 Å². The van der Waals surface area contributed by atoms with Crippen molar-refractivity contribution in [2.45, 2.75) is 32.1 Å². The molecule has 0 aromatic heterocycles. The number of rotatable bonds is 9. The second-order valence-corrected chi connectivity index (χ2v) is 10.1. The highest BCUT2D eigenvalue weighted by atomic mass is 19.4. The molecule has 7 nitrogen and oxygen atoms in total. The van der Waals surface area contributed by atoms with Crippen LogP contribution in [-0.4, -0.2) is 64.9 Å². The number of alkyl halides is 3. The summed E-state index contributed by atoms with van der Waals surface area (Å²) >= 11 is 0. The average Bonchev–Trinajstić information content (AvgIpc) is 2.98. The van der Waals surface area contributed by atoms with Crippen molar-refractivity contribution in [1.82, 2.24) is 9.80 Å². The van der Waals surface area contributed by atoms with Crippen molar-refractivity contribution in [1.29, 1.82) is 0 Å². The van der Waals surface area contributed by atoms with E-state index in [-0.39, 0.29) is 18.9 Å². The molecule has 42 heavy (non-hydrogen) atoms. The van der Waals surface area contributed by atoms with Crippen LogP contribution in [0.1, 0.15) is 29.2 Å². The zero-order valence-corrected chi connectivity index (χ0v) is 23.1. The van der Waals surface area contributed by atoms with Crippen molar-refractivity contribution in [3.05, 3.63) is 107 Å². The largest absolute Gasteiger partial charge is 0.480 e. The Balaban J connectivity index is 1.54. The summed E-state index contributed by atoms with van der Waals surface area (Å²) in [6.45, 7) is 4.21. The second-order valence-electron chi connectivity index (χ2n) is 10.1. The minimum absolute atomic E-state index is 0.0123. The first-order chi connectivity index (χ1) is 20.0. The van der Waals surface area contributed by atoms with Crippen LogP contribution < -0.4 is 4.90 Å². The Hall–Kier alpha value is -4.60. The van der Waals surface area contributed by atoms with E-state index in [1.807, 2.05) is 30.3 Å². The van der Waals surface area contributed by atoms with Crippen molar-refractivity contribution in [2.24, 2.45) is 0 Å². The van der Waals surface area contributed by atoms with E-state index in [4.69, 9.17) is 0 Å². The Morgan fingerprint density at radius 2 is 1.50 bits per heavy atom. The van der Waals surface area contributed by atoms with E-state index in [1.165, 1.54) is 29.2 Å². The van der Waals surface area contributed by atoms with E-state index >= 15 is 0 Å². The molecular formula is C32H32F3N3O4. The molecule has 1 N–H and O–H groups in total. The summed E-state index contributed by atoms with van der Waals surface area (Å²) in [4.78, 5) is 42.7. The molecular weight excluding hydrogens is 547 g/mol. The molecule has 1 aliphatic heterocycles. The van der Waals surface area contributed by atoms with Crippen LogP contribution in [-0.2, 0) is 33.5 Å². The maximum Gasteiger partial charge on any atom is 0.416 e. The Bertz CT molecular complexity index is 1400. The number of carbonyl (C=O) groups is 3. The monoisotopic (exact) mass is 579 g/mol. The average molecular weight is 580 g/mol. The van der Waals surface area contributed by atoms with E-state index in [0.717, 1.165) is 28.9 Å². The van der Waals surface area contributed by atoms with Gasteiger partial charge in [-0.2, -0.15) is 13.2 Å². The molecule has 0 aliphatic carbocycles. The number of halogens is 3. The van der Waals surface area contributed by atoms with E-state index in [2.05, 4.69) is 4.90 Å². The summed E-state index contributed by atoms with van der Waals surface area (Å²) in [6.07, 6.45) is -1.83. The van der Waals surface area contributed by atoms with Crippen molar-refractivity contribution in [2.75, 3.05) is 31.1 Å². The lowest BCUT2D eigenvalue weighted by Gasteiger charge is -2.35. The lowest BCUT2D eigenvalue weighted by atomic mass is 10.0. The first-order valence-electron chi connectivity index (χ1n) is 13.5. The molecule has 1 aliphatic rings. The molecule has 1 heterocycles. The molecule has 1 saturated heterocycles. The number of benzene rings is 3. The number of anilines is 1. The maximum absolute atomic E-state index is 13.4. The zero-order valence-electron chi connectivity index (χ0n) is 23.1. The fraction of sp³-hybridized carbons (Fsp3) is 0.281. The first-order valence-corrected chi connectivity index (χ1v) is 13.5. The van der Waals surface area contributed by atoms with Crippen LogP contribution >= 0.6 is 0 Å². The summed E-state index contributed by atoms with van der Waals surface area (Å²) in [5.74, 6) is -1.71. The summed E-state index contributed by atoms with van der Waals surface area (Å²) < 4.78 is 38.7. The molecule has 1 fully saturated rings. The van der Waals surface area contributed by atoms with Crippen molar-refractivity contribution < 1.29 is 32.7 Å². The van der Waals surface area contributed by atoms with Crippen LogP contribution in [0.15, 0.2) is 84.9 Å².